The first-order valence-corrected chi connectivity index (χ1v) is 9.22. The van der Waals surface area contributed by atoms with E-state index in [1.54, 1.807) is 0 Å². The van der Waals surface area contributed by atoms with Gasteiger partial charge in [0.25, 0.3) is 0 Å². The first-order chi connectivity index (χ1) is 12.2. The second-order valence-electron chi connectivity index (χ2n) is 5.64. The number of hydrogen-bond acceptors (Lipinski definition) is 4. The molecule has 0 atom stereocenters. The van der Waals surface area contributed by atoms with Crippen molar-refractivity contribution in [3.05, 3.63) is 58.6 Å². The number of pyridine rings is 1. The summed E-state index contributed by atoms with van der Waals surface area (Å²) in [6, 6.07) is 13.8. The molecule has 6 heteroatoms. The van der Waals surface area contributed by atoms with Crippen molar-refractivity contribution >= 4 is 34.0 Å². The van der Waals surface area contributed by atoms with Gasteiger partial charge in [-0.3, -0.25) is 0 Å². The van der Waals surface area contributed by atoms with E-state index in [1.165, 1.54) is 11.3 Å². The van der Waals surface area contributed by atoms with Crippen LogP contribution in [0.3, 0.4) is 0 Å². The van der Waals surface area contributed by atoms with E-state index in [4.69, 9.17) is 16.6 Å². The van der Waals surface area contributed by atoms with Crippen molar-refractivity contribution in [1.82, 2.24) is 14.8 Å². The van der Waals surface area contributed by atoms with Gasteiger partial charge >= 0.3 is 0 Å². The number of aliphatic hydroxyl groups excluding tert-OH is 1. The van der Waals surface area contributed by atoms with Crippen LogP contribution in [-0.4, -0.2) is 19.9 Å². The van der Waals surface area contributed by atoms with Crippen LogP contribution in [0, 0.1) is 0 Å². The van der Waals surface area contributed by atoms with Crippen molar-refractivity contribution in [2.45, 2.75) is 20.1 Å². The molecule has 0 aliphatic carbocycles. The van der Waals surface area contributed by atoms with Crippen molar-refractivity contribution in [2.24, 2.45) is 0 Å². The monoisotopic (exact) mass is 369 g/mol. The van der Waals surface area contributed by atoms with E-state index >= 15 is 0 Å². The maximum absolute atomic E-state index is 10.2. The third kappa shape index (κ3) is 2.74. The van der Waals surface area contributed by atoms with E-state index in [-0.39, 0.29) is 6.61 Å². The van der Waals surface area contributed by atoms with Crippen LogP contribution in [-0.2, 0) is 13.2 Å². The van der Waals surface area contributed by atoms with Crippen LogP contribution in [0.4, 0.5) is 0 Å². The van der Waals surface area contributed by atoms with Gasteiger partial charge in [-0.05, 0) is 19.1 Å². The minimum Gasteiger partial charge on any atom is -0.392 e. The Morgan fingerprint density at radius 2 is 1.96 bits per heavy atom. The molecule has 3 aromatic heterocycles. The molecule has 4 aromatic rings. The third-order valence-electron chi connectivity index (χ3n) is 4.21. The first-order valence-electron chi connectivity index (χ1n) is 8.03. The first kappa shape index (κ1) is 16.3. The number of aromatic nitrogens is 3. The summed E-state index contributed by atoms with van der Waals surface area (Å²) in [5.74, 6) is 0. The van der Waals surface area contributed by atoms with E-state index in [0.29, 0.717) is 4.34 Å². The molecule has 4 rings (SSSR count). The van der Waals surface area contributed by atoms with Crippen molar-refractivity contribution in [1.29, 1.82) is 0 Å². The van der Waals surface area contributed by atoms with Gasteiger partial charge in [0.2, 0.25) is 0 Å². The minimum absolute atomic E-state index is 0.102. The Bertz CT molecular complexity index is 1040. The van der Waals surface area contributed by atoms with Crippen LogP contribution in [0.2, 0.25) is 4.34 Å². The summed E-state index contributed by atoms with van der Waals surface area (Å²) in [7, 11) is 0. The smallest absolute Gasteiger partial charge is 0.159 e. The standard InChI is InChI=1S/C19H16ClN3OS/c1-2-23-19-13(10-21-23)17(15-8-9-16(20)25-15)14(11-24)18(22-19)12-6-4-3-5-7-12/h3-10,24H,2,11H2,1H3. The number of thiophene rings is 1. The number of fused-ring (bicyclic) bond motifs is 1. The lowest BCUT2D eigenvalue weighted by molar-refractivity contribution is 0.282. The molecule has 0 radical (unpaired) electrons. The quantitative estimate of drug-likeness (QED) is 0.551. The molecule has 126 valence electrons. The third-order valence-corrected chi connectivity index (χ3v) is 5.46. The molecule has 3 heterocycles. The van der Waals surface area contributed by atoms with Gasteiger partial charge in [0.05, 0.1) is 22.8 Å². The van der Waals surface area contributed by atoms with E-state index in [0.717, 1.165) is 44.8 Å². The second kappa shape index (κ2) is 6.59. The highest BCUT2D eigenvalue weighted by atomic mass is 35.5. The molecule has 25 heavy (non-hydrogen) atoms. The number of benzene rings is 1. The van der Waals surface area contributed by atoms with Crippen LogP contribution in [0.25, 0.3) is 32.7 Å². The molecule has 0 aliphatic heterocycles. The van der Waals surface area contributed by atoms with Gasteiger partial charge in [0.1, 0.15) is 0 Å². The highest BCUT2D eigenvalue weighted by molar-refractivity contribution is 7.19. The number of aliphatic hydroxyl groups is 1. The van der Waals surface area contributed by atoms with Gasteiger partial charge in [0, 0.05) is 33.5 Å². The van der Waals surface area contributed by atoms with Crippen LogP contribution in [0.5, 0.6) is 0 Å². The van der Waals surface area contributed by atoms with Gasteiger partial charge in [-0.25, -0.2) is 9.67 Å². The highest BCUT2D eigenvalue weighted by Crippen LogP contribution is 2.40. The summed E-state index contributed by atoms with van der Waals surface area (Å²) in [5.41, 5.74) is 4.33. The topological polar surface area (TPSA) is 50.9 Å². The largest absolute Gasteiger partial charge is 0.392 e. The second-order valence-corrected chi connectivity index (χ2v) is 7.35. The fourth-order valence-corrected chi connectivity index (χ4v) is 4.21. The SMILES string of the molecule is CCn1ncc2c(-c3ccc(Cl)s3)c(CO)c(-c3ccccc3)nc21. The maximum Gasteiger partial charge on any atom is 0.159 e. The van der Waals surface area contributed by atoms with Crippen LogP contribution in [0.1, 0.15) is 12.5 Å². The summed E-state index contributed by atoms with van der Waals surface area (Å²) in [5, 5.41) is 15.6. The summed E-state index contributed by atoms with van der Waals surface area (Å²) >= 11 is 7.66. The van der Waals surface area contributed by atoms with E-state index < -0.39 is 0 Å². The molecule has 0 fully saturated rings. The zero-order chi connectivity index (χ0) is 17.4. The predicted octanol–water partition coefficient (Wildman–Crippen LogP) is 4.99. The van der Waals surface area contributed by atoms with Gasteiger partial charge in [-0.15, -0.1) is 11.3 Å². The van der Waals surface area contributed by atoms with E-state index in [2.05, 4.69) is 5.10 Å². The summed E-state index contributed by atoms with van der Waals surface area (Å²) in [6.07, 6.45) is 1.82. The van der Waals surface area contributed by atoms with Crippen LogP contribution in [0.15, 0.2) is 48.7 Å². The van der Waals surface area contributed by atoms with Gasteiger partial charge < -0.3 is 5.11 Å². The van der Waals surface area contributed by atoms with Crippen molar-refractivity contribution < 1.29 is 5.11 Å². The number of hydrogen-bond donors (Lipinski definition) is 1. The van der Waals surface area contributed by atoms with E-state index in [9.17, 15) is 5.11 Å². The van der Waals surface area contributed by atoms with Crippen LogP contribution < -0.4 is 0 Å². The molecule has 0 saturated carbocycles. The molecule has 0 bridgehead atoms. The molecule has 0 saturated heterocycles. The molecule has 4 nitrogen and oxygen atoms in total. The van der Waals surface area contributed by atoms with Crippen molar-refractivity contribution in [3.8, 4) is 21.7 Å². The Balaban J connectivity index is 2.12. The fraction of sp³-hybridized carbons (Fsp3) is 0.158. The van der Waals surface area contributed by atoms with Crippen LogP contribution >= 0.6 is 22.9 Å². The van der Waals surface area contributed by atoms with E-state index in [1.807, 2.05) is 60.3 Å². The Morgan fingerprint density at radius 1 is 1.16 bits per heavy atom. The molecule has 1 aromatic carbocycles. The minimum atomic E-state index is -0.102. The molecule has 0 unspecified atom stereocenters. The molecule has 1 N–H and O–H groups in total. The van der Waals surface area contributed by atoms with Gasteiger partial charge in [-0.1, -0.05) is 41.9 Å². The number of halogens is 1. The summed E-state index contributed by atoms with van der Waals surface area (Å²) in [4.78, 5) is 5.86. The lowest BCUT2D eigenvalue weighted by Crippen LogP contribution is -2.02. The summed E-state index contributed by atoms with van der Waals surface area (Å²) in [6.45, 7) is 2.67. The molecule has 0 amide bonds. The number of nitrogens with zero attached hydrogens (tertiary/aromatic N) is 3. The zero-order valence-electron chi connectivity index (χ0n) is 13.6. The van der Waals surface area contributed by atoms with Gasteiger partial charge in [-0.2, -0.15) is 5.10 Å². The maximum atomic E-state index is 10.2. The molecular formula is C19H16ClN3OS. The molecule has 0 aliphatic rings. The predicted molar refractivity (Wildman–Crippen MR) is 103 cm³/mol. The average molecular weight is 370 g/mol. The lowest BCUT2D eigenvalue weighted by atomic mass is 9.98. The Hall–Kier alpha value is -2.21. The van der Waals surface area contributed by atoms with Gasteiger partial charge in [0.15, 0.2) is 5.65 Å². The average Bonchev–Trinajstić information content (AvgIpc) is 3.26. The van der Waals surface area contributed by atoms with Crippen molar-refractivity contribution in [2.75, 3.05) is 0 Å². The zero-order valence-corrected chi connectivity index (χ0v) is 15.2. The Kier molecular flexibility index (Phi) is 4.29. The lowest BCUT2D eigenvalue weighted by Gasteiger charge is -2.14. The molecule has 0 spiro atoms. The number of rotatable bonds is 4. The molecular weight excluding hydrogens is 354 g/mol. The normalized spacial score (nSPS) is 11.3. The Morgan fingerprint density at radius 3 is 2.60 bits per heavy atom. The fourth-order valence-electron chi connectivity index (χ4n) is 3.08. The van der Waals surface area contributed by atoms with Crippen molar-refractivity contribution in [3.63, 3.8) is 0 Å². The Labute approximate surface area is 154 Å². The summed E-state index contributed by atoms with van der Waals surface area (Å²) < 4.78 is 2.59. The number of aryl methyl sites for hydroxylation is 1. The highest BCUT2D eigenvalue weighted by Gasteiger charge is 2.20.